The Labute approximate surface area is 104 Å². The zero-order valence-corrected chi connectivity index (χ0v) is 9.71. The highest BCUT2D eigenvalue weighted by atomic mass is 16.5. The third-order valence-corrected chi connectivity index (χ3v) is 2.36. The van der Waals surface area contributed by atoms with Gasteiger partial charge in [-0.05, 0) is 24.3 Å². The second-order valence-corrected chi connectivity index (χ2v) is 3.45. The standard InChI is InChI=1S/C12H11N5O/c1-18-10-4-2-8(3-5-10)11-6-9(7-13)15-12(16-11)17-14/h2-6H,14H2,1H3,(H,15,16,17). The van der Waals surface area contributed by atoms with Gasteiger partial charge in [0.05, 0.1) is 12.8 Å². The molecule has 0 bridgehead atoms. The minimum atomic E-state index is 0.208. The maximum absolute atomic E-state index is 8.88. The number of benzene rings is 1. The zero-order valence-electron chi connectivity index (χ0n) is 9.71. The Kier molecular flexibility index (Phi) is 3.36. The number of hydrazine groups is 1. The van der Waals surface area contributed by atoms with Crippen molar-refractivity contribution in [2.45, 2.75) is 0 Å². The number of nitrogens with zero attached hydrogens (tertiary/aromatic N) is 3. The first kappa shape index (κ1) is 11.8. The van der Waals surface area contributed by atoms with Crippen molar-refractivity contribution in [2.75, 3.05) is 12.5 Å². The van der Waals surface area contributed by atoms with Crippen LogP contribution in [0.5, 0.6) is 5.75 Å². The number of ether oxygens (including phenoxy) is 1. The molecule has 2 aromatic rings. The number of hydrogen-bond donors (Lipinski definition) is 2. The number of aromatic nitrogens is 2. The lowest BCUT2D eigenvalue weighted by atomic mass is 10.1. The van der Waals surface area contributed by atoms with Crippen molar-refractivity contribution in [1.29, 1.82) is 5.26 Å². The summed E-state index contributed by atoms with van der Waals surface area (Å²) >= 11 is 0. The van der Waals surface area contributed by atoms with Crippen LogP contribution in [-0.2, 0) is 0 Å². The number of nitrogens with two attached hydrogens (primary N) is 1. The second-order valence-electron chi connectivity index (χ2n) is 3.45. The largest absolute Gasteiger partial charge is 0.497 e. The number of nitrogen functional groups attached to an aromatic ring is 1. The van der Waals surface area contributed by atoms with Gasteiger partial charge < -0.3 is 4.74 Å². The summed E-state index contributed by atoms with van der Waals surface area (Å²) in [5.74, 6) is 6.22. The molecule has 0 radical (unpaired) electrons. The van der Waals surface area contributed by atoms with Gasteiger partial charge in [-0.25, -0.2) is 15.8 Å². The lowest BCUT2D eigenvalue weighted by Crippen LogP contribution is -2.11. The van der Waals surface area contributed by atoms with E-state index in [1.165, 1.54) is 0 Å². The molecule has 0 unspecified atom stereocenters. The van der Waals surface area contributed by atoms with E-state index in [0.29, 0.717) is 5.69 Å². The molecule has 1 aromatic heterocycles. The summed E-state index contributed by atoms with van der Waals surface area (Å²) in [4.78, 5) is 8.08. The Morgan fingerprint density at radius 1 is 1.28 bits per heavy atom. The molecule has 0 aliphatic carbocycles. The summed E-state index contributed by atoms with van der Waals surface area (Å²) in [5, 5.41) is 8.88. The first-order valence-electron chi connectivity index (χ1n) is 5.17. The molecular formula is C12H11N5O. The maximum atomic E-state index is 8.88. The molecule has 90 valence electrons. The van der Waals surface area contributed by atoms with Gasteiger partial charge >= 0.3 is 0 Å². The van der Waals surface area contributed by atoms with Crippen LogP contribution in [0.25, 0.3) is 11.3 Å². The number of methoxy groups -OCH3 is 1. The van der Waals surface area contributed by atoms with Crippen molar-refractivity contribution < 1.29 is 4.74 Å². The number of rotatable bonds is 3. The first-order valence-corrected chi connectivity index (χ1v) is 5.17. The Balaban J connectivity index is 2.45. The van der Waals surface area contributed by atoms with E-state index in [1.807, 2.05) is 30.3 Å². The predicted octanol–water partition coefficient (Wildman–Crippen LogP) is 1.31. The lowest BCUT2D eigenvalue weighted by Gasteiger charge is -2.05. The van der Waals surface area contributed by atoms with Crippen molar-refractivity contribution in [3.05, 3.63) is 36.0 Å². The topological polar surface area (TPSA) is 96.8 Å². The highest BCUT2D eigenvalue weighted by Gasteiger charge is 2.05. The quantitative estimate of drug-likeness (QED) is 0.621. The number of nitriles is 1. The third kappa shape index (κ3) is 2.36. The van der Waals surface area contributed by atoms with E-state index in [4.69, 9.17) is 15.8 Å². The second kappa shape index (κ2) is 5.12. The molecule has 0 aliphatic heterocycles. The van der Waals surface area contributed by atoms with Gasteiger partial charge in [0, 0.05) is 11.6 Å². The van der Waals surface area contributed by atoms with Gasteiger partial charge in [0.25, 0.3) is 0 Å². The van der Waals surface area contributed by atoms with E-state index in [-0.39, 0.29) is 11.6 Å². The molecule has 0 atom stereocenters. The lowest BCUT2D eigenvalue weighted by molar-refractivity contribution is 0.415. The van der Waals surface area contributed by atoms with Crippen LogP contribution in [0, 0.1) is 11.3 Å². The van der Waals surface area contributed by atoms with Crippen molar-refractivity contribution in [3.8, 4) is 23.1 Å². The minimum absolute atomic E-state index is 0.208. The van der Waals surface area contributed by atoms with E-state index in [9.17, 15) is 0 Å². The summed E-state index contributed by atoms with van der Waals surface area (Å²) in [6.07, 6.45) is 0. The summed E-state index contributed by atoms with van der Waals surface area (Å²) in [7, 11) is 1.60. The Hall–Kier alpha value is -2.65. The van der Waals surface area contributed by atoms with Crippen LogP contribution >= 0.6 is 0 Å². The van der Waals surface area contributed by atoms with Crippen molar-refractivity contribution in [1.82, 2.24) is 9.97 Å². The number of nitrogens with one attached hydrogen (secondary N) is 1. The zero-order chi connectivity index (χ0) is 13.0. The molecule has 0 spiro atoms. The Bertz CT molecular complexity index is 588. The number of hydrogen-bond acceptors (Lipinski definition) is 6. The van der Waals surface area contributed by atoms with Gasteiger partial charge in [0.1, 0.15) is 17.5 Å². The van der Waals surface area contributed by atoms with Gasteiger partial charge in [-0.1, -0.05) is 0 Å². The van der Waals surface area contributed by atoms with Crippen LogP contribution in [0.1, 0.15) is 5.69 Å². The van der Waals surface area contributed by atoms with Crippen LogP contribution in [-0.4, -0.2) is 17.1 Å². The molecule has 0 saturated carbocycles. The molecule has 0 amide bonds. The molecule has 3 N–H and O–H groups in total. The predicted molar refractivity (Wildman–Crippen MR) is 66.5 cm³/mol. The molecule has 0 saturated heterocycles. The van der Waals surface area contributed by atoms with Gasteiger partial charge in [-0.15, -0.1) is 0 Å². The monoisotopic (exact) mass is 241 g/mol. The third-order valence-electron chi connectivity index (χ3n) is 2.36. The maximum Gasteiger partial charge on any atom is 0.238 e. The minimum Gasteiger partial charge on any atom is -0.497 e. The van der Waals surface area contributed by atoms with E-state index >= 15 is 0 Å². The van der Waals surface area contributed by atoms with Crippen LogP contribution < -0.4 is 16.0 Å². The van der Waals surface area contributed by atoms with E-state index in [0.717, 1.165) is 11.3 Å². The van der Waals surface area contributed by atoms with Gasteiger partial charge in [0.15, 0.2) is 0 Å². The van der Waals surface area contributed by atoms with Crippen LogP contribution in [0.4, 0.5) is 5.95 Å². The molecule has 6 nitrogen and oxygen atoms in total. The molecule has 18 heavy (non-hydrogen) atoms. The fourth-order valence-electron chi connectivity index (χ4n) is 1.48. The Morgan fingerprint density at radius 3 is 2.56 bits per heavy atom. The van der Waals surface area contributed by atoms with Crippen molar-refractivity contribution in [2.24, 2.45) is 5.84 Å². The summed E-state index contributed by atoms with van der Waals surface area (Å²) in [6.45, 7) is 0. The van der Waals surface area contributed by atoms with Gasteiger partial charge in [0.2, 0.25) is 5.95 Å². The molecule has 2 rings (SSSR count). The van der Waals surface area contributed by atoms with Crippen LogP contribution in [0.15, 0.2) is 30.3 Å². The average molecular weight is 241 g/mol. The van der Waals surface area contributed by atoms with Gasteiger partial charge in [-0.3, -0.25) is 5.43 Å². The summed E-state index contributed by atoms with van der Waals surface area (Å²) in [6, 6.07) is 10.9. The first-order chi connectivity index (χ1) is 8.76. The fraction of sp³-hybridized carbons (Fsp3) is 0.0833. The number of anilines is 1. The molecular weight excluding hydrogens is 230 g/mol. The summed E-state index contributed by atoms with van der Waals surface area (Å²) < 4.78 is 5.08. The summed E-state index contributed by atoms with van der Waals surface area (Å²) in [5.41, 5.74) is 4.07. The highest BCUT2D eigenvalue weighted by molar-refractivity contribution is 5.62. The van der Waals surface area contributed by atoms with E-state index in [1.54, 1.807) is 13.2 Å². The average Bonchev–Trinajstić information content (AvgIpc) is 2.46. The Morgan fingerprint density at radius 2 is 2.00 bits per heavy atom. The van der Waals surface area contributed by atoms with Crippen LogP contribution in [0.3, 0.4) is 0 Å². The molecule has 0 aliphatic rings. The molecule has 0 fully saturated rings. The van der Waals surface area contributed by atoms with E-state index < -0.39 is 0 Å². The van der Waals surface area contributed by atoms with Crippen molar-refractivity contribution in [3.63, 3.8) is 0 Å². The highest BCUT2D eigenvalue weighted by Crippen LogP contribution is 2.21. The molecule has 1 aromatic carbocycles. The SMILES string of the molecule is COc1ccc(-c2cc(C#N)nc(NN)n2)cc1. The smallest absolute Gasteiger partial charge is 0.238 e. The fourth-order valence-corrected chi connectivity index (χ4v) is 1.48. The van der Waals surface area contributed by atoms with Gasteiger partial charge in [-0.2, -0.15) is 5.26 Å². The van der Waals surface area contributed by atoms with Crippen molar-refractivity contribution >= 4 is 5.95 Å². The normalized spacial score (nSPS) is 9.61. The molecule has 1 heterocycles. The molecule has 6 heteroatoms. The van der Waals surface area contributed by atoms with Crippen LogP contribution in [0.2, 0.25) is 0 Å². The van der Waals surface area contributed by atoms with E-state index in [2.05, 4.69) is 15.4 Å².